The highest BCUT2D eigenvalue weighted by Crippen LogP contribution is 2.23. The third kappa shape index (κ3) is 4.06. The molecule has 2 N–H and O–H groups in total. The highest BCUT2D eigenvalue weighted by Gasteiger charge is 2.18. The molecule has 0 radical (unpaired) electrons. The summed E-state index contributed by atoms with van der Waals surface area (Å²) in [6.45, 7) is 7.60. The summed E-state index contributed by atoms with van der Waals surface area (Å²) < 4.78 is 0. The van der Waals surface area contributed by atoms with Crippen molar-refractivity contribution < 1.29 is 4.79 Å². The van der Waals surface area contributed by atoms with Gasteiger partial charge in [-0.3, -0.25) is 4.79 Å². The molecule has 1 atom stereocenters. The van der Waals surface area contributed by atoms with Crippen LogP contribution in [0.15, 0.2) is 24.3 Å². The minimum atomic E-state index is 0.0999. The van der Waals surface area contributed by atoms with Crippen LogP contribution in [0.2, 0.25) is 0 Å². The summed E-state index contributed by atoms with van der Waals surface area (Å²) in [4.78, 5) is 11.9. The molecule has 1 unspecified atom stereocenters. The lowest BCUT2D eigenvalue weighted by molar-refractivity contribution is -0.116. The van der Waals surface area contributed by atoms with Gasteiger partial charge in [-0.2, -0.15) is 0 Å². The van der Waals surface area contributed by atoms with E-state index in [9.17, 15) is 4.79 Å². The maximum absolute atomic E-state index is 11.9. The molecule has 2 rings (SSSR count). The zero-order chi connectivity index (χ0) is 13.9. The maximum atomic E-state index is 11.9. The van der Waals surface area contributed by atoms with Gasteiger partial charge in [0.2, 0.25) is 5.91 Å². The molecule has 1 fully saturated rings. The fourth-order valence-corrected chi connectivity index (χ4v) is 2.42. The Kier molecular flexibility index (Phi) is 4.25. The molecule has 1 saturated heterocycles. The van der Waals surface area contributed by atoms with Crippen molar-refractivity contribution in [3.8, 4) is 0 Å². The molecule has 0 saturated carbocycles. The number of carbonyl (C=O) groups is 1. The second-order valence-corrected chi connectivity index (χ2v) is 6.37. The number of amides is 1. The average Bonchev–Trinajstić information content (AvgIpc) is 2.81. The first kappa shape index (κ1) is 14.1. The number of hydrogen-bond donors (Lipinski definition) is 2. The minimum absolute atomic E-state index is 0.0999. The third-order valence-corrected chi connectivity index (χ3v) is 3.63. The van der Waals surface area contributed by atoms with Crippen LogP contribution in [0.5, 0.6) is 0 Å². The Balaban J connectivity index is 1.90. The summed E-state index contributed by atoms with van der Waals surface area (Å²) in [5.41, 5.74) is 2.31. The van der Waals surface area contributed by atoms with Crippen molar-refractivity contribution >= 4 is 11.6 Å². The number of rotatable bonds is 3. The SMILES string of the molecule is CC(C)(C)c1ccc(NC(=O)CC2CCCN2)cc1. The van der Waals surface area contributed by atoms with Crippen LogP contribution >= 0.6 is 0 Å². The van der Waals surface area contributed by atoms with Gasteiger partial charge in [-0.25, -0.2) is 0 Å². The van der Waals surface area contributed by atoms with E-state index in [1.165, 1.54) is 12.0 Å². The molecule has 3 heteroatoms. The van der Waals surface area contributed by atoms with Gasteiger partial charge in [0, 0.05) is 18.2 Å². The Morgan fingerprint density at radius 1 is 1.32 bits per heavy atom. The van der Waals surface area contributed by atoms with Crippen molar-refractivity contribution in [2.45, 2.75) is 51.5 Å². The molecule has 104 valence electrons. The minimum Gasteiger partial charge on any atom is -0.326 e. The summed E-state index contributed by atoms with van der Waals surface area (Å²) in [7, 11) is 0. The molecule has 1 aliphatic rings. The van der Waals surface area contributed by atoms with Gasteiger partial charge in [-0.05, 0) is 42.5 Å². The fraction of sp³-hybridized carbons (Fsp3) is 0.562. The van der Waals surface area contributed by atoms with Crippen molar-refractivity contribution in [3.05, 3.63) is 29.8 Å². The molecule has 1 heterocycles. The van der Waals surface area contributed by atoms with Gasteiger partial charge in [0.05, 0.1) is 0 Å². The van der Waals surface area contributed by atoms with Crippen LogP contribution in [0.1, 0.15) is 45.6 Å². The highest BCUT2D eigenvalue weighted by atomic mass is 16.1. The molecule has 0 bridgehead atoms. The van der Waals surface area contributed by atoms with Crippen LogP contribution in [0, 0.1) is 0 Å². The van der Waals surface area contributed by atoms with Crippen LogP contribution in [0.4, 0.5) is 5.69 Å². The summed E-state index contributed by atoms with van der Waals surface area (Å²) in [5.74, 6) is 0.0999. The Bertz CT molecular complexity index is 425. The van der Waals surface area contributed by atoms with E-state index in [0.29, 0.717) is 12.5 Å². The number of benzene rings is 1. The van der Waals surface area contributed by atoms with Gasteiger partial charge >= 0.3 is 0 Å². The Morgan fingerprint density at radius 2 is 2.00 bits per heavy atom. The first-order valence-corrected chi connectivity index (χ1v) is 7.09. The molecular weight excluding hydrogens is 236 g/mol. The topological polar surface area (TPSA) is 41.1 Å². The largest absolute Gasteiger partial charge is 0.326 e. The molecule has 1 amide bonds. The lowest BCUT2D eigenvalue weighted by atomic mass is 9.87. The molecule has 1 aromatic carbocycles. The molecule has 1 aliphatic heterocycles. The number of hydrogen-bond acceptors (Lipinski definition) is 2. The molecule has 0 spiro atoms. The first-order valence-electron chi connectivity index (χ1n) is 7.09. The first-order chi connectivity index (χ1) is 8.95. The van der Waals surface area contributed by atoms with Crippen LogP contribution in [0.3, 0.4) is 0 Å². The monoisotopic (exact) mass is 260 g/mol. The smallest absolute Gasteiger partial charge is 0.225 e. The van der Waals surface area contributed by atoms with E-state index in [-0.39, 0.29) is 11.3 Å². The lowest BCUT2D eigenvalue weighted by Gasteiger charge is -2.19. The van der Waals surface area contributed by atoms with E-state index in [4.69, 9.17) is 0 Å². The lowest BCUT2D eigenvalue weighted by Crippen LogP contribution is -2.27. The van der Waals surface area contributed by atoms with Crippen molar-refractivity contribution in [2.75, 3.05) is 11.9 Å². The van der Waals surface area contributed by atoms with Crippen LogP contribution in [-0.2, 0) is 10.2 Å². The van der Waals surface area contributed by atoms with Crippen molar-refractivity contribution in [1.82, 2.24) is 5.32 Å². The molecular formula is C16H24N2O. The van der Waals surface area contributed by atoms with E-state index >= 15 is 0 Å². The normalized spacial score (nSPS) is 19.4. The summed E-state index contributed by atoms with van der Waals surface area (Å²) >= 11 is 0. The Morgan fingerprint density at radius 3 is 2.53 bits per heavy atom. The standard InChI is InChI=1S/C16H24N2O/c1-16(2,3)12-6-8-13(9-7-12)18-15(19)11-14-5-4-10-17-14/h6-9,14,17H,4-5,10-11H2,1-3H3,(H,18,19). The number of anilines is 1. The predicted octanol–water partition coefficient (Wildman–Crippen LogP) is 3.06. The Hall–Kier alpha value is -1.35. The summed E-state index contributed by atoms with van der Waals surface area (Å²) in [6.07, 6.45) is 2.86. The number of nitrogens with one attached hydrogen (secondary N) is 2. The van der Waals surface area contributed by atoms with Gasteiger partial charge in [0.15, 0.2) is 0 Å². The quantitative estimate of drug-likeness (QED) is 0.877. The second-order valence-electron chi connectivity index (χ2n) is 6.37. The van der Waals surface area contributed by atoms with E-state index in [2.05, 4.69) is 43.5 Å². The Labute approximate surface area is 115 Å². The highest BCUT2D eigenvalue weighted by molar-refractivity contribution is 5.91. The van der Waals surface area contributed by atoms with E-state index in [1.807, 2.05) is 12.1 Å². The summed E-state index contributed by atoms with van der Waals surface area (Å²) in [6, 6.07) is 8.50. The van der Waals surface area contributed by atoms with E-state index in [1.54, 1.807) is 0 Å². The number of carbonyl (C=O) groups excluding carboxylic acids is 1. The molecule has 0 aromatic heterocycles. The average molecular weight is 260 g/mol. The van der Waals surface area contributed by atoms with Crippen LogP contribution in [-0.4, -0.2) is 18.5 Å². The molecule has 19 heavy (non-hydrogen) atoms. The van der Waals surface area contributed by atoms with E-state index < -0.39 is 0 Å². The van der Waals surface area contributed by atoms with E-state index in [0.717, 1.165) is 18.7 Å². The molecule has 1 aromatic rings. The van der Waals surface area contributed by atoms with Crippen LogP contribution in [0.25, 0.3) is 0 Å². The van der Waals surface area contributed by atoms with Crippen molar-refractivity contribution in [1.29, 1.82) is 0 Å². The zero-order valence-corrected chi connectivity index (χ0v) is 12.1. The van der Waals surface area contributed by atoms with Crippen molar-refractivity contribution in [2.24, 2.45) is 0 Å². The summed E-state index contributed by atoms with van der Waals surface area (Å²) in [5, 5.41) is 6.31. The van der Waals surface area contributed by atoms with Gasteiger partial charge in [0.1, 0.15) is 0 Å². The van der Waals surface area contributed by atoms with Gasteiger partial charge < -0.3 is 10.6 Å². The van der Waals surface area contributed by atoms with Gasteiger partial charge in [-0.1, -0.05) is 32.9 Å². The van der Waals surface area contributed by atoms with Gasteiger partial charge in [-0.15, -0.1) is 0 Å². The van der Waals surface area contributed by atoms with Gasteiger partial charge in [0.25, 0.3) is 0 Å². The fourth-order valence-electron chi connectivity index (χ4n) is 2.42. The predicted molar refractivity (Wildman–Crippen MR) is 79.4 cm³/mol. The van der Waals surface area contributed by atoms with Crippen molar-refractivity contribution in [3.63, 3.8) is 0 Å². The second kappa shape index (κ2) is 5.74. The molecule has 3 nitrogen and oxygen atoms in total. The van der Waals surface area contributed by atoms with Crippen LogP contribution < -0.4 is 10.6 Å². The molecule has 0 aliphatic carbocycles. The maximum Gasteiger partial charge on any atom is 0.225 e. The third-order valence-electron chi connectivity index (χ3n) is 3.63. The zero-order valence-electron chi connectivity index (χ0n) is 12.1.